The molecule has 170 valence electrons. The van der Waals surface area contributed by atoms with Crippen LogP contribution in [0.15, 0.2) is 47.6 Å². The number of hydrogen-bond acceptors (Lipinski definition) is 7. The van der Waals surface area contributed by atoms with Gasteiger partial charge in [0.2, 0.25) is 0 Å². The summed E-state index contributed by atoms with van der Waals surface area (Å²) in [6.07, 6.45) is 1.34. The molecule has 0 saturated carbocycles. The third-order valence-electron chi connectivity index (χ3n) is 4.06. The summed E-state index contributed by atoms with van der Waals surface area (Å²) >= 11 is 0. The topological polar surface area (TPSA) is 127 Å². The fraction of sp³-hybridized carbons (Fsp3) is 0.273. The Labute approximate surface area is 185 Å². The summed E-state index contributed by atoms with van der Waals surface area (Å²) in [6.45, 7) is 2.27. The van der Waals surface area contributed by atoms with Crippen molar-refractivity contribution < 1.29 is 28.6 Å². The zero-order valence-electron chi connectivity index (χ0n) is 18.1. The Bertz CT molecular complexity index is 959. The number of hydrogen-bond donors (Lipinski definition) is 3. The highest BCUT2D eigenvalue weighted by atomic mass is 16.5. The van der Waals surface area contributed by atoms with E-state index < -0.39 is 11.8 Å². The molecule has 0 bridgehead atoms. The molecule has 10 heteroatoms. The van der Waals surface area contributed by atoms with E-state index >= 15 is 0 Å². The van der Waals surface area contributed by atoms with Gasteiger partial charge in [0.05, 0.1) is 19.9 Å². The van der Waals surface area contributed by atoms with Crippen molar-refractivity contribution in [2.24, 2.45) is 5.10 Å². The van der Waals surface area contributed by atoms with Crippen LogP contribution >= 0.6 is 0 Å². The summed E-state index contributed by atoms with van der Waals surface area (Å²) in [7, 11) is 2.95. The average molecular weight is 442 g/mol. The monoisotopic (exact) mass is 442 g/mol. The molecule has 0 saturated heterocycles. The van der Waals surface area contributed by atoms with E-state index in [0.29, 0.717) is 29.4 Å². The van der Waals surface area contributed by atoms with Gasteiger partial charge in [0, 0.05) is 19.3 Å². The van der Waals surface area contributed by atoms with Gasteiger partial charge < -0.3 is 24.8 Å². The zero-order chi connectivity index (χ0) is 23.3. The Hall–Kier alpha value is -3.92. The van der Waals surface area contributed by atoms with Crippen LogP contribution in [-0.4, -0.2) is 57.9 Å². The van der Waals surface area contributed by atoms with E-state index in [1.165, 1.54) is 20.4 Å². The fourth-order valence-electron chi connectivity index (χ4n) is 2.42. The maximum Gasteiger partial charge on any atom is 0.329 e. The van der Waals surface area contributed by atoms with Crippen LogP contribution in [0.25, 0.3) is 0 Å². The van der Waals surface area contributed by atoms with Crippen LogP contribution in [0.5, 0.6) is 11.5 Å². The van der Waals surface area contributed by atoms with Crippen LogP contribution < -0.4 is 25.5 Å². The number of carbonyl (C=O) groups excluding carboxylic acids is 3. The quantitative estimate of drug-likeness (QED) is 0.220. The lowest BCUT2D eigenvalue weighted by molar-refractivity contribution is -0.139. The van der Waals surface area contributed by atoms with E-state index in [1.54, 1.807) is 18.2 Å². The lowest BCUT2D eigenvalue weighted by Crippen LogP contribution is -2.39. The Balaban J connectivity index is 1.87. The van der Waals surface area contributed by atoms with Crippen molar-refractivity contribution in [2.75, 3.05) is 39.3 Å². The van der Waals surface area contributed by atoms with Crippen molar-refractivity contribution in [3.63, 3.8) is 0 Å². The number of methoxy groups -OCH3 is 2. The first-order valence-corrected chi connectivity index (χ1v) is 9.70. The summed E-state index contributed by atoms with van der Waals surface area (Å²) in [4.78, 5) is 35.3. The highest BCUT2D eigenvalue weighted by Gasteiger charge is 2.12. The predicted molar refractivity (Wildman–Crippen MR) is 119 cm³/mol. The highest BCUT2D eigenvalue weighted by Crippen LogP contribution is 2.27. The molecule has 0 radical (unpaired) electrons. The first kappa shape index (κ1) is 24.4. The summed E-state index contributed by atoms with van der Waals surface area (Å²) in [5.41, 5.74) is 4.48. The molecule has 2 aromatic rings. The van der Waals surface area contributed by atoms with Crippen LogP contribution in [0, 0.1) is 6.92 Å². The van der Waals surface area contributed by atoms with Crippen LogP contribution in [0.4, 0.5) is 5.69 Å². The fourth-order valence-corrected chi connectivity index (χ4v) is 2.42. The van der Waals surface area contributed by atoms with Crippen LogP contribution in [0.3, 0.4) is 0 Å². The molecule has 0 aliphatic rings. The normalized spacial score (nSPS) is 10.5. The number of rotatable bonds is 10. The first-order chi connectivity index (χ1) is 15.4. The second kappa shape index (κ2) is 12.7. The molecule has 0 atom stereocenters. The van der Waals surface area contributed by atoms with Crippen molar-refractivity contribution in [3.05, 3.63) is 53.6 Å². The number of ether oxygens (including phenoxy) is 3. The van der Waals surface area contributed by atoms with Gasteiger partial charge in [-0.3, -0.25) is 14.4 Å². The van der Waals surface area contributed by atoms with Crippen LogP contribution in [-0.2, 0) is 19.1 Å². The second-order valence-corrected chi connectivity index (χ2v) is 6.56. The minimum atomic E-state index is -0.899. The first-order valence-electron chi connectivity index (χ1n) is 9.70. The molecule has 0 aliphatic heterocycles. The van der Waals surface area contributed by atoms with Gasteiger partial charge in [-0.1, -0.05) is 17.7 Å². The van der Waals surface area contributed by atoms with Crippen LogP contribution in [0.1, 0.15) is 11.1 Å². The molecule has 0 heterocycles. The van der Waals surface area contributed by atoms with Crippen molar-refractivity contribution >= 4 is 29.6 Å². The van der Waals surface area contributed by atoms with Gasteiger partial charge in [0.1, 0.15) is 0 Å². The van der Waals surface area contributed by atoms with Crippen molar-refractivity contribution in [1.29, 1.82) is 0 Å². The Morgan fingerprint density at radius 1 is 1.00 bits per heavy atom. The number of aryl methyl sites for hydroxylation is 1. The maximum atomic E-state index is 12.1. The summed E-state index contributed by atoms with van der Waals surface area (Å²) in [6, 6.07) is 12.3. The van der Waals surface area contributed by atoms with E-state index in [0.717, 1.165) is 5.56 Å². The molecule has 0 unspecified atom stereocenters. The highest BCUT2D eigenvalue weighted by molar-refractivity contribution is 6.35. The van der Waals surface area contributed by atoms with E-state index in [1.807, 2.05) is 31.2 Å². The Morgan fingerprint density at radius 2 is 1.75 bits per heavy atom. The molecule has 3 N–H and O–H groups in total. The minimum Gasteiger partial charge on any atom is -0.493 e. The third kappa shape index (κ3) is 8.07. The lowest BCUT2D eigenvalue weighted by Gasteiger charge is -2.11. The predicted octanol–water partition coefficient (Wildman–Crippen LogP) is 1.23. The molecular formula is C22H26N4O6. The SMILES string of the molecule is COCCNC(=O)C(=O)N/N=C\c1ccc(OCC(=O)Nc2ccc(C)cc2)c(OC)c1. The smallest absolute Gasteiger partial charge is 0.329 e. The molecular weight excluding hydrogens is 416 g/mol. The zero-order valence-corrected chi connectivity index (χ0v) is 18.1. The standard InChI is InChI=1S/C22H26N4O6/c1-15-4-7-17(8-5-15)25-20(27)14-32-18-9-6-16(12-19(18)31-3)13-24-26-22(29)21(28)23-10-11-30-2/h4-9,12-13H,10-11,14H2,1-3H3,(H,23,28)(H,25,27)(H,26,29)/b24-13-. The van der Waals surface area contributed by atoms with Gasteiger partial charge in [-0.05, 0) is 42.8 Å². The summed E-state index contributed by atoms with van der Waals surface area (Å²) in [5.74, 6) is -1.28. The summed E-state index contributed by atoms with van der Waals surface area (Å²) < 4.78 is 15.6. The molecule has 0 aromatic heterocycles. The minimum absolute atomic E-state index is 0.202. The number of hydrazone groups is 1. The van der Waals surface area contributed by atoms with E-state index in [9.17, 15) is 14.4 Å². The Morgan fingerprint density at radius 3 is 2.44 bits per heavy atom. The van der Waals surface area contributed by atoms with Gasteiger partial charge in [0.15, 0.2) is 18.1 Å². The molecule has 32 heavy (non-hydrogen) atoms. The third-order valence-corrected chi connectivity index (χ3v) is 4.06. The van der Waals surface area contributed by atoms with E-state index in [-0.39, 0.29) is 19.1 Å². The van der Waals surface area contributed by atoms with Gasteiger partial charge in [-0.2, -0.15) is 5.10 Å². The number of nitrogens with one attached hydrogen (secondary N) is 3. The number of benzene rings is 2. The van der Waals surface area contributed by atoms with Crippen molar-refractivity contribution in [3.8, 4) is 11.5 Å². The average Bonchev–Trinajstić information content (AvgIpc) is 2.79. The molecule has 0 fully saturated rings. The molecule has 10 nitrogen and oxygen atoms in total. The van der Waals surface area contributed by atoms with Crippen LogP contribution in [0.2, 0.25) is 0 Å². The Kier molecular flexibility index (Phi) is 9.67. The summed E-state index contributed by atoms with van der Waals surface area (Å²) in [5, 5.41) is 8.87. The number of anilines is 1. The molecule has 0 spiro atoms. The van der Waals surface area contributed by atoms with Gasteiger partial charge in [0.25, 0.3) is 5.91 Å². The molecule has 2 aromatic carbocycles. The van der Waals surface area contributed by atoms with Gasteiger partial charge in [-0.15, -0.1) is 0 Å². The largest absolute Gasteiger partial charge is 0.493 e. The van der Waals surface area contributed by atoms with E-state index in [2.05, 4.69) is 21.2 Å². The lowest BCUT2D eigenvalue weighted by atomic mass is 10.2. The van der Waals surface area contributed by atoms with Crippen molar-refractivity contribution in [2.45, 2.75) is 6.92 Å². The molecule has 3 amide bonds. The molecule has 0 aliphatic carbocycles. The number of nitrogens with zero attached hydrogens (tertiary/aromatic N) is 1. The van der Waals surface area contributed by atoms with Gasteiger partial charge >= 0.3 is 11.8 Å². The molecule has 2 rings (SSSR count). The number of carbonyl (C=O) groups is 3. The number of amides is 3. The second-order valence-electron chi connectivity index (χ2n) is 6.56. The van der Waals surface area contributed by atoms with Gasteiger partial charge in [-0.25, -0.2) is 5.43 Å². The maximum absolute atomic E-state index is 12.1. The van der Waals surface area contributed by atoms with E-state index in [4.69, 9.17) is 14.2 Å². The van der Waals surface area contributed by atoms with Crippen molar-refractivity contribution in [1.82, 2.24) is 10.7 Å².